The number of carbonyl (C=O) groups is 1. The maximum atomic E-state index is 13.6. The van der Waals surface area contributed by atoms with Crippen LogP contribution in [0.15, 0.2) is 41.3 Å². The lowest BCUT2D eigenvalue weighted by Gasteiger charge is -2.27. The number of nitrogens with zero attached hydrogens (tertiary/aromatic N) is 2. The molecule has 0 amide bonds. The molecule has 1 aliphatic carbocycles. The number of thiophene rings is 1. The molecule has 5 rings (SSSR count). The summed E-state index contributed by atoms with van der Waals surface area (Å²) in [6.07, 6.45) is 3.81. The van der Waals surface area contributed by atoms with Gasteiger partial charge in [-0.2, -0.15) is 8.42 Å². The van der Waals surface area contributed by atoms with Crippen molar-refractivity contribution in [1.82, 2.24) is 15.3 Å². The second-order valence-corrected chi connectivity index (χ2v) is 13.0. The highest BCUT2D eigenvalue weighted by Crippen LogP contribution is 2.37. The van der Waals surface area contributed by atoms with Crippen LogP contribution >= 0.6 is 27.3 Å². The summed E-state index contributed by atoms with van der Waals surface area (Å²) in [5.74, 6) is -0.238. The first-order valence-corrected chi connectivity index (χ1v) is 15.3. The van der Waals surface area contributed by atoms with Gasteiger partial charge in [-0.3, -0.25) is 8.98 Å². The Bertz CT molecular complexity index is 1460. The topological polar surface area (TPSA) is 157 Å². The second kappa shape index (κ2) is 11.1. The molecular formula is C25H28BrN5O5S2. The Kier molecular flexibility index (Phi) is 7.96. The van der Waals surface area contributed by atoms with Gasteiger partial charge >= 0.3 is 10.3 Å². The van der Waals surface area contributed by atoms with Crippen molar-refractivity contribution in [3.63, 3.8) is 0 Å². The van der Waals surface area contributed by atoms with Crippen LogP contribution in [0.5, 0.6) is 0 Å². The first-order chi connectivity index (χ1) is 18.1. The number of aromatic nitrogens is 2. The summed E-state index contributed by atoms with van der Waals surface area (Å²) < 4.78 is 27.9. The number of aliphatic hydroxyl groups excluding tert-OH is 1. The van der Waals surface area contributed by atoms with E-state index in [-0.39, 0.29) is 24.5 Å². The summed E-state index contributed by atoms with van der Waals surface area (Å²) in [6.45, 7) is 2.67. The highest BCUT2D eigenvalue weighted by Gasteiger charge is 2.35. The summed E-state index contributed by atoms with van der Waals surface area (Å²) in [5.41, 5.74) is 3.90. The minimum atomic E-state index is -4.09. The highest BCUT2D eigenvalue weighted by molar-refractivity contribution is 9.10. The Labute approximate surface area is 233 Å². The summed E-state index contributed by atoms with van der Waals surface area (Å²) in [4.78, 5) is 23.7. The normalized spacial score (nSPS) is 23.3. The maximum absolute atomic E-state index is 13.6. The van der Waals surface area contributed by atoms with Crippen molar-refractivity contribution in [2.75, 3.05) is 18.5 Å². The molecule has 2 unspecified atom stereocenters. The number of halogens is 1. The zero-order valence-corrected chi connectivity index (χ0v) is 23.8. The molecule has 1 aliphatic heterocycles. The number of nitrogens with one attached hydrogen (secondary N) is 2. The zero-order valence-electron chi connectivity index (χ0n) is 20.6. The Morgan fingerprint density at radius 1 is 1.32 bits per heavy atom. The highest BCUT2D eigenvalue weighted by atomic mass is 79.9. The third-order valence-electron chi connectivity index (χ3n) is 7.05. The van der Waals surface area contributed by atoms with Gasteiger partial charge in [0.05, 0.1) is 29.2 Å². The molecule has 0 saturated heterocycles. The molecular weight excluding hydrogens is 594 g/mol. The van der Waals surface area contributed by atoms with Crippen LogP contribution in [0.25, 0.3) is 0 Å². The Balaban J connectivity index is 1.35. The van der Waals surface area contributed by atoms with Crippen molar-refractivity contribution in [1.29, 1.82) is 0 Å². The van der Waals surface area contributed by atoms with E-state index in [1.807, 2.05) is 13.0 Å². The number of carbonyl (C=O) groups excluding carboxylic acids is 1. The lowest BCUT2D eigenvalue weighted by molar-refractivity contribution is 0.101. The molecule has 2 aromatic heterocycles. The number of ketones is 1. The number of anilines is 1. The van der Waals surface area contributed by atoms with Gasteiger partial charge in [0, 0.05) is 34.1 Å². The van der Waals surface area contributed by atoms with Crippen LogP contribution in [0, 0.1) is 12.8 Å². The van der Waals surface area contributed by atoms with Crippen LogP contribution in [-0.4, -0.2) is 54.6 Å². The molecule has 3 aromatic rings. The van der Waals surface area contributed by atoms with E-state index < -0.39 is 22.3 Å². The molecule has 5 N–H and O–H groups in total. The molecule has 4 atom stereocenters. The zero-order chi connectivity index (χ0) is 27.0. The van der Waals surface area contributed by atoms with Crippen LogP contribution in [-0.2, 0) is 20.9 Å². The minimum absolute atomic E-state index is 0.00451. The quantitative estimate of drug-likeness (QED) is 0.278. The van der Waals surface area contributed by atoms with Crippen LogP contribution in [0.3, 0.4) is 0 Å². The average molecular weight is 623 g/mol. The van der Waals surface area contributed by atoms with Crippen molar-refractivity contribution >= 4 is 49.2 Å². The lowest BCUT2D eigenvalue weighted by atomic mass is 9.90. The van der Waals surface area contributed by atoms with Gasteiger partial charge in [0.1, 0.15) is 12.1 Å². The van der Waals surface area contributed by atoms with Crippen LogP contribution in [0.2, 0.25) is 0 Å². The monoisotopic (exact) mass is 621 g/mol. The van der Waals surface area contributed by atoms with E-state index in [0.717, 1.165) is 27.9 Å². The second-order valence-electron chi connectivity index (χ2n) is 9.63. The molecule has 13 heteroatoms. The number of hydrogen-bond acceptors (Lipinski definition) is 10. The number of fused-ring (bicyclic) bond motifs is 1. The van der Waals surface area contributed by atoms with E-state index in [2.05, 4.69) is 58.9 Å². The van der Waals surface area contributed by atoms with Gasteiger partial charge in [-0.1, -0.05) is 22.0 Å². The number of nitrogens with two attached hydrogens (primary N) is 1. The Morgan fingerprint density at radius 2 is 2.13 bits per heavy atom. The molecule has 2 aliphatic rings. The first kappa shape index (κ1) is 27.3. The largest absolute Gasteiger partial charge is 0.393 e. The van der Waals surface area contributed by atoms with Crippen LogP contribution < -0.4 is 15.8 Å². The maximum Gasteiger partial charge on any atom is 0.333 e. The predicted molar refractivity (Wildman–Crippen MR) is 147 cm³/mol. The van der Waals surface area contributed by atoms with Gasteiger partial charge < -0.3 is 15.7 Å². The predicted octanol–water partition coefficient (Wildman–Crippen LogP) is 2.85. The van der Waals surface area contributed by atoms with E-state index in [1.54, 1.807) is 0 Å². The molecule has 1 fully saturated rings. The van der Waals surface area contributed by atoms with E-state index in [1.165, 1.54) is 35.0 Å². The fourth-order valence-corrected chi connectivity index (χ4v) is 6.97. The van der Waals surface area contributed by atoms with E-state index >= 15 is 0 Å². The van der Waals surface area contributed by atoms with E-state index in [0.29, 0.717) is 29.1 Å². The van der Waals surface area contributed by atoms with Crippen molar-refractivity contribution < 1.29 is 22.5 Å². The van der Waals surface area contributed by atoms with Gasteiger partial charge in [0.15, 0.2) is 0 Å². The van der Waals surface area contributed by atoms with Crippen molar-refractivity contribution in [2.45, 2.75) is 44.4 Å². The molecule has 10 nitrogen and oxygen atoms in total. The van der Waals surface area contributed by atoms with Gasteiger partial charge in [0.2, 0.25) is 5.78 Å². The minimum Gasteiger partial charge on any atom is -0.393 e. The van der Waals surface area contributed by atoms with E-state index in [9.17, 15) is 18.3 Å². The van der Waals surface area contributed by atoms with Crippen molar-refractivity contribution in [2.24, 2.45) is 11.1 Å². The van der Waals surface area contributed by atoms with Crippen molar-refractivity contribution in [3.8, 4) is 0 Å². The molecule has 202 valence electrons. The van der Waals surface area contributed by atoms with Gasteiger partial charge in [-0.05, 0) is 61.1 Å². The summed E-state index contributed by atoms with van der Waals surface area (Å²) in [7, 11) is -4.09. The van der Waals surface area contributed by atoms with Crippen molar-refractivity contribution in [3.05, 3.63) is 73.3 Å². The molecule has 0 bridgehead atoms. The molecule has 0 spiro atoms. The van der Waals surface area contributed by atoms with Gasteiger partial charge in [-0.25, -0.2) is 15.1 Å². The number of aryl methyl sites for hydroxylation is 1. The number of benzene rings is 1. The van der Waals surface area contributed by atoms with Gasteiger partial charge in [-0.15, -0.1) is 11.3 Å². The Morgan fingerprint density at radius 3 is 2.92 bits per heavy atom. The molecule has 1 saturated carbocycles. The van der Waals surface area contributed by atoms with Crippen LogP contribution in [0.4, 0.5) is 5.82 Å². The Hall–Kier alpha value is -2.26. The smallest absolute Gasteiger partial charge is 0.333 e. The molecule has 3 heterocycles. The van der Waals surface area contributed by atoms with Crippen LogP contribution in [0.1, 0.15) is 55.7 Å². The van der Waals surface area contributed by atoms with Gasteiger partial charge in [0.25, 0.3) is 0 Å². The third kappa shape index (κ3) is 5.98. The lowest BCUT2D eigenvalue weighted by Crippen LogP contribution is -2.30. The molecule has 0 radical (unpaired) electrons. The first-order valence-electron chi connectivity index (χ1n) is 12.2. The van der Waals surface area contributed by atoms with E-state index in [4.69, 9.17) is 5.14 Å². The number of aliphatic hydroxyl groups is 1. The summed E-state index contributed by atoms with van der Waals surface area (Å²) in [6, 6.07) is 8.05. The number of hydrogen-bond donors (Lipinski definition) is 4. The summed E-state index contributed by atoms with van der Waals surface area (Å²) >= 11 is 5.02. The number of rotatable bonds is 8. The molecule has 38 heavy (non-hydrogen) atoms. The average Bonchev–Trinajstić information content (AvgIpc) is 3.43. The SMILES string of the molecule is Cc1sc(C(=O)c2cncnc2NC2C[C@H](COS(N)(=O)=O)[C@@H](O)C2)cc1C1NCCc2ccc(Br)cc21. The fourth-order valence-electron chi connectivity index (χ4n) is 5.21. The fraction of sp³-hybridized carbons (Fsp3) is 0.400. The summed E-state index contributed by atoms with van der Waals surface area (Å²) in [5, 5.41) is 22.1. The third-order valence-corrected chi connectivity index (χ3v) is 9.08. The standard InChI is InChI=1S/C25H28BrN5O5S2/c1-13-18(23-19-7-16(26)3-2-14(19)4-5-29-23)9-22(37-13)24(33)20-10-28-12-30-25(20)31-17-6-15(21(32)8-17)11-36-38(27,34)35/h2-3,7,9-10,12,15,17,21,23,29,32H,4-6,8,11H2,1H3,(H2,27,34,35)(H,28,30,31)/t15-,17?,21+,23?/m1/s1. The molecule has 1 aromatic carbocycles.